The molecule has 0 bridgehead atoms. The highest BCUT2D eigenvalue weighted by Crippen LogP contribution is 2.13. The molecule has 3 rings (SSSR count). The Bertz CT molecular complexity index is 915. The molecule has 28 heavy (non-hydrogen) atoms. The number of rotatable bonds is 8. The van der Waals surface area contributed by atoms with Crippen molar-refractivity contribution in [2.75, 3.05) is 12.8 Å². The molecule has 1 amide bonds. The van der Waals surface area contributed by atoms with E-state index < -0.39 is 0 Å². The van der Waals surface area contributed by atoms with Crippen LogP contribution in [0.1, 0.15) is 27.2 Å². The highest BCUT2D eigenvalue weighted by Gasteiger charge is 2.11. The SMILES string of the molecule is COCc1ccc(C(=O)NCc2ccc(OCc3ccccc3)nc2)c(N)n1. The summed E-state index contributed by atoms with van der Waals surface area (Å²) in [5, 5.41) is 2.81. The number of nitrogens with zero attached hydrogens (tertiary/aromatic N) is 2. The van der Waals surface area contributed by atoms with Gasteiger partial charge in [0.25, 0.3) is 5.91 Å². The lowest BCUT2D eigenvalue weighted by molar-refractivity contribution is 0.0951. The molecule has 0 unspecified atom stereocenters. The van der Waals surface area contributed by atoms with Gasteiger partial charge < -0.3 is 20.5 Å². The van der Waals surface area contributed by atoms with Crippen molar-refractivity contribution >= 4 is 11.7 Å². The van der Waals surface area contributed by atoms with Crippen LogP contribution in [0.15, 0.2) is 60.8 Å². The molecule has 0 saturated heterocycles. The number of carbonyl (C=O) groups excluding carboxylic acids is 1. The quantitative estimate of drug-likeness (QED) is 0.625. The number of ether oxygens (including phenoxy) is 2. The minimum absolute atomic E-state index is 0.176. The molecule has 0 aliphatic heterocycles. The van der Waals surface area contributed by atoms with Crippen molar-refractivity contribution in [2.45, 2.75) is 19.8 Å². The molecule has 0 radical (unpaired) electrons. The van der Waals surface area contributed by atoms with E-state index in [1.807, 2.05) is 36.4 Å². The molecule has 1 aromatic carbocycles. The Morgan fingerprint density at radius 2 is 1.86 bits per heavy atom. The van der Waals surface area contributed by atoms with Crippen molar-refractivity contribution in [3.8, 4) is 5.88 Å². The summed E-state index contributed by atoms with van der Waals surface area (Å²) in [5.74, 6) is 0.411. The van der Waals surface area contributed by atoms with Gasteiger partial charge in [-0.25, -0.2) is 9.97 Å². The summed E-state index contributed by atoms with van der Waals surface area (Å²) in [6.45, 7) is 1.12. The van der Waals surface area contributed by atoms with Gasteiger partial charge in [0, 0.05) is 25.9 Å². The van der Waals surface area contributed by atoms with Crippen LogP contribution in [0.4, 0.5) is 5.82 Å². The second kappa shape index (κ2) is 9.48. The van der Waals surface area contributed by atoms with E-state index in [1.165, 1.54) is 0 Å². The van der Waals surface area contributed by atoms with Crippen molar-refractivity contribution in [2.24, 2.45) is 0 Å². The second-order valence-electron chi connectivity index (χ2n) is 6.13. The molecule has 2 heterocycles. The number of pyridine rings is 2. The molecule has 3 N–H and O–H groups in total. The molecule has 2 aromatic heterocycles. The molecule has 7 heteroatoms. The zero-order chi connectivity index (χ0) is 19.8. The first-order chi connectivity index (χ1) is 13.7. The van der Waals surface area contributed by atoms with Crippen molar-refractivity contribution in [1.29, 1.82) is 0 Å². The van der Waals surface area contributed by atoms with Crippen LogP contribution in [0, 0.1) is 0 Å². The number of amides is 1. The van der Waals surface area contributed by atoms with E-state index in [0.717, 1.165) is 11.1 Å². The highest BCUT2D eigenvalue weighted by molar-refractivity contribution is 5.98. The number of nitrogens with two attached hydrogens (primary N) is 1. The summed E-state index contributed by atoms with van der Waals surface area (Å²) in [6.07, 6.45) is 1.67. The number of carbonyl (C=O) groups is 1. The van der Waals surface area contributed by atoms with E-state index in [0.29, 0.717) is 36.9 Å². The number of hydrogen-bond acceptors (Lipinski definition) is 6. The number of nitrogen functional groups attached to an aromatic ring is 1. The van der Waals surface area contributed by atoms with E-state index in [9.17, 15) is 4.79 Å². The second-order valence-corrected chi connectivity index (χ2v) is 6.13. The maximum Gasteiger partial charge on any atom is 0.255 e. The lowest BCUT2D eigenvalue weighted by atomic mass is 10.2. The monoisotopic (exact) mass is 378 g/mol. The van der Waals surface area contributed by atoms with Gasteiger partial charge in [-0.2, -0.15) is 0 Å². The van der Waals surface area contributed by atoms with Gasteiger partial charge in [0.1, 0.15) is 12.4 Å². The number of nitrogens with one attached hydrogen (secondary N) is 1. The summed E-state index contributed by atoms with van der Waals surface area (Å²) < 4.78 is 10.7. The largest absolute Gasteiger partial charge is 0.473 e. The molecule has 0 aliphatic rings. The number of methoxy groups -OCH3 is 1. The Morgan fingerprint density at radius 1 is 1.04 bits per heavy atom. The third-order valence-corrected chi connectivity index (χ3v) is 4.00. The molecule has 0 fully saturated rings. The van der Waals surface area contributed by atoms with E-state index >= 15 is 0 Å². The van der Waals surface area contributed by atoms with E-state index in [1.54, 1.807) is 31.5 Å². The predicted octanol–water partition coefficient (Wildman–Crippen LogP) is 2.71. The van der Waals surface area contributed by atoms with Crippen LogP contribution in [0.5, 0.6) is 5.88 Å². The van der Waals surface area contributed by atoms with Gasteiger partial charge in [0.05, 0.1) is 17.9 Å². The summed E-state index contributed by atoms with van der Waals surface area (Å²) in [6, 6.07) is 16.9. The predicted molar refractivity (Wildman–Crippen MR) is 106 cm³/mol. The van der Waals surface area contributed by atoms with Gasteiger partial charge in [-0.15, -0.1) is 0 Å². The zero-order valence-corrected chi connectivity index (χ0v) is 15.6. The molecule has 7 nitrogen and oxygen atoms in total. The van der Waals surface area contributed by atoms with Gasteiger partial charge in [-0.05, 0) is 23.3 Å². The zero-order valence-electron chi connectivity index (χ0n) is 15.6. The first-order valence-corrected chi connectivity index (χ1v) is 8.80. The fraction of sp³-hybridized carbons (Fsp3) is 0.190. The van der Waals surface area contributed by atoms with E-state index in [4.69, 9.17) is 15.2 Å². The Balaban J connectivity index is 1.52. The highest BCUT2D eigenvalue weighted by atomic mass is 16.5. The minimum Gasteiger partial charge on any atom is -0.473 e. The van der Waals surface area contributed by atoms with Crippen LogP contribution in [0.3, 0.4) is 0 Å². The molecule has 0 spiro atoms. The number of aromatic nitrogens is 2. The summed E-state index contributed by atoms with van der Waals surface area (Å²) in [5.41, 5.74) is 8.79. The Labute approximate surface area is 163 Å². The van der Waals surface area contributed by atoms with Crippen LogP contribution < -0.4 is 15.8 Å². The smallest absolute Gasteiger partial charge is 0.255 e. The van der Waals surface area contributed by atoms with E-state index in [2.05, 4.69) is 15.3 Å². The lowest BCUT2D eigenvalue weighted by Gasteiger charge is -2.09. The molecular formula is C21H22N4O3. The van der Waals surface area contributed by atoms with Crippen molar-refractivity contribution in [3.05, 3.63) is 83.2 Å². The third kappa shape index (κ3) is 5.28. The van der Waals surface area contributed by atoms with Crippen LogP contribution in [-0.4, -0.2) is 23.0 Å². The fourth-order valence-corrected chi connectivity index (χ4v) is 2.55. The van der Waals surface area contributed by atoms with Crippen molar-refractivity contribution in [1.82, 2.24) is 15.3 Å². The van der Waals surface area contributed by atoms with Gasteiger partial charge in [-0.1, -0.05) is 36.4 Å². The minimum atomic E-state index is -0.293. The first-order valence-electron chi connectivity index (χ1n) is 8.80. The van der Waals surface area contributed by atoms with Crippen molar-refractivity contribution in [3.63, 3.8) is 0 Å². The molecular weight excluding hydrogens is 356 g/mol. The Morgan fingerprint density at radius 3 is 2.54 bits per heavy atom. The number of benzene rings is 1. The fourth-order valence-electron chi connectivity index (χ4n) is 2.55. The first kappa shape index (κ1) is 19.3. The maximum atomic E-state index is 12.3. The number of anilines is 1. The van der Waals surface area contributed by atoms with Crippen LogP contribution in [0.25, 0.3) is 0 Å². The normalized spacial score (nSPS) is 10.5. The Kier molecular flexibility index (Phi) is 6.54. The lowest BCUT2D eigenvalue weighted by Crippen LogP contribution is -2.24. The Hall–Kier alpha value is -3.45. The topological polar surface area (TPSA) is 99.4 Å². The van der Waals surface area contributed by atoms with Crippen LogP contribution in [0.2, 0.25) is 0 Å². The summed E-state index contributed by atoms with van der Waals surface area (Å²) >= 11 is 0. The maximum absolute atomic E-state index is 12.3. The van der Waals surface area contributed by atoms with Gasteiger partial charge in [-0.3, -0.25) is 4.79 Å². The molecule has 0 atom stereocenters. The molecule has 144 valence electrons. The van der Waals surface area contributed by atoms with Gasteiger partial charge in [0.2, 0.25) is 5.88 Å². The van der Waals surface area contributed by atoms with E-state index in [-0.39, 0.29) is 11.7 Å². The third-order valence-electron chi connectivity index (χ3n) is 4.00. The number of hydrogen-bond donors (Lipinski definition) is 2. The van der Waals surface area contributed by atoms with Gasteiger partial charge in [0.15, 0.2) is 0 Å². The van der Waals surface area contributed by atoms with Crippen LogP contribution in [-0.2, 0) is 24.5 Å². The standard InChI is InChI=1S/C21H22N4O3/c1-27-14-17-8-9-18(20(22)25-17)21(26)24-12-16-7-10-19(23-11-16)28-13-15-5-3-2-4-6-15/h2-11H,12-14H2,1H3,(H2,22,25)(H,24,26). The average molecular weight is 378 g/mol. The van der Waals surface area contributed by atoms with Crippen molar-refractivity contribution < 1.29 is 14.3 Å². The molecule has 3 aromatic rings. The summed E-state index contributed by atoms with van der Waals surface area (Å²) in [7, 11) is 1.57. The molecule has 0 aliphatic carbocycles. The molecule has 0 saturated carbocycles. The van der Waals surface area contributed by atoms with Crippen LogP contribution >= 0.6 is 0 Å². The van der Waals surface area contributed by atoms with Gasteiger partial charge >= 0.3 is 0 Å². The summed E-state index contributed by atoms with van der Waals surface area (Å²) in [4.78, 5) is 20.8. The average Bonchev–Trinajstić information content (AvgIpc) is 2.72.